The van der Waals surface area contributed by atoms with Crippen molar-refractivity contribution >= 4 is 0 Å². The Morgan fingerprint density at radius 3 is 2.67 bits per heavy atom. The van der Waals surface area contributed by atoms with Gasteiger partial charge in [0.25, 0.3) is 0 Å². The summed E-state index contributed by atoms with van der Waals surface area (Å²) in [4.78, 5) is 0. The number of aryl methyl sites for hydroxylation is 2. The van der Waals surface area contributed by atoms with Gasteiger partial charge in [-0.3, -0.25) is 0 Å². The molecule has 0 saturated carbocycles. The van der Waals surface area contributed by atoms with Crippen LogP contribution in [0.3, 0.4) is 0 Å². The predicted molar refractivity (Wildman–Crippen MR) is 85.4 cm³/mol. The standard InChI is InChI=1S/C19H20O2/c1-16-11-12-19(18(15-16)10-5-13-20)21-14-6-9-17-7-3-2-4-8-17/h2-4,7-8,11-12,15,20H,6,9,13-14H2,1H3. The van der Waals surface area contributed by atoms with E-state index in [1.165, 1.54) is 5.56 Å². The number of rotatable bonds is 5. The third-order valence-electron chi connectivity index (χ3n) is 3.15. The molecule has 0 aliphatic rings. The largest absolute Gasteiger partial charge is 0.492 e. The fourth-order valence-corrected chi connectivity index (χ4v) is 2.11. The van der Waals surface area contributed by atoms with Gasteiger partial charge in [0.15, 0.2) is 0 Å². The van der Waals surface area contributed by atoms with Crippen LogP contribution in [0.25, 0.3) is 0 Å². The van der Waals surface area contributed by atoms with Gasteiger partial charge in [0.2, 0.25) is 0 Å². The molecule has 1 N–H and O–H groups in total. The summed E-state index contributed by atoms with van der Waals surface area (Å²) in [5.74, 6) is 6.40. The number of hydrogen-bond donors (Lipinski definition) is 1. The Balaban J connectivity index is 1.91. The summed E-state index contributed by atoms with van der Waals surface area (Å²) in [6.07, 6.45) is 1.97. The second-order valence-corrected chi connectivity index (χ2v) is 4.90. The average molecular weight is 280 g/mol. The van der Waals surface area contributed by atoms with Crippen LogP contribution in [-0.4, -0.2) is 18.3 Å². The molecule has 0 amide bonds. The fraction of sp³-hybridized carbons (Fsp3) is 0.263. The van der Waals surface area contributed by atoms with E-state index in [0.29, 0.717) is 6.61 Å². The second kappa shape index (κ2) is 8.14. The van der Waals surface area contributed by atoms with Gasteiger partial charge in [-0.2, -0.15) is 0 Å². The molecule has 0 fully saturated rings. The van der Waals surface area contributed by atoms with Gasteiger partial charge in [-0.25, -0.2) is 0 Å². The third-order valence-corrected chi connectivity index (χ3v) is 3.15. The Kier molecular flexibility index (Phi) is 5.87. The van der Waals surface area contributed by atoms with E-state index in [-0.39, 0.29) is 6.61 Å². The van der Waals surface area contributed by atoms with Crippen molar-refractivity contribution in [1.29, 1.82) is 0 Å². The molecule has 2 rings (SSSR count). The molecule has 0 radical (unpaired) electrons. The molecule has 0 aromatic heterocycles. The third kappa shape index (κ3) is 4.98. The molecular weight excluding hydrogens is 260 g/mol. The summed E-state index contributed by atoms with van der Waals surface area (Å²) in [7, 11) is 0. The minimum Gasteiger partial charge on any atom is -0.492 e. The first kappa shape index (κ1) is 15.2. The Bertz CT molecular complexity index is 621. The van der Waals surface area contributed by atoms with Crippen LogP contribution < -0.4 is 4.74 Å². The van der Waals surface area contributed by atoms with Gasteiger partial charge in [0.1, 0.15) is 12.4 Å². The Hall–Kier alpha value is -2.24. The lowest BCUT2D eigenvalue weighted by molar-refractivity contribution is 0.310. The van der Waals surface area contributed by atoms with E-state index >= 15 is 0 Å². The molecule has 2 aromatic rings. The molecule has 0 aliphatic carbocycles. The highest BCUT2D eigenvalue weighted by Crippen LogP contribution is 2.19. The van der Waals surface area contributed by atoms with Crippen LogP contribution in [0.1, 0.15) is 23.1 Å². The van der Waals surface area contributed by atoms with Crippen molar-refractivity contribution < 1.29 is 9.84 Å². The summed E-state index contributed by atoms with van der Waals surface area (Å²) in [6, 6.07) is 16.3. The molecule has 0 spiro atoms. The average Bonchev–Trinajstić information content (AvgIpc) is 2.52. The molecule has 21 heavy (non-hydrogen) atoms. The molecule has 0 saturated heterocycles. The monoisotopic (exact) mass is 280 g/mol. The summed E-state index contributed by atoms with van der Waals surface area (Å²) >= 11 is 0. The number of aliphatic hydroxyl groups excluding tert-OH is 1. The van der Waals surface area contributed by atoms with Crippen molar-refractivity contribution in [3.63, 3.8) is 0 Å². The fourth-order valence-electron chi connectivity index (χ4n) is 2.11. The van der Waals surface area contributed by atoms with Gasteiger partial charge in [-0.15, -0.1) is 0 Å². The highest BCUT2D eigenvalue weighted by molar-refractivity contribution is 5.48. The van der Waals surface area contributed by atoms with E-state index in [1.54, 1.807) is 0 Å². The minimum absolute atomic E-state index is 0.138. The summed E-state index contributed by atoms with van der Waals surface area (Å²) in [5, 5.41) is 8.81. The van der Waals surface area contributed by atoms with Gasteiger partial charge in [0, 0.05) is 0 Å². The van der Waals surface area contributed by atoms with E-state index in [0.717, 1.165) is 29.7 Å². The Labute approximate surface area is 126 Å². The van der Waals surface area contributed by atoms with Gasteiger partial charge in [0.05, 0.1) is 12.2 Å². The Morgan fingerprint density at radius 1 is 1.10 bits per heavy atom. The number of aliphatic hydroxyl groups is 1. The van der Waals surface area contributed by atoms with Gasteiger partial charge < -0.3 is 9.84 Å². The summed E-state index contributed by atoms with van der Waals surface area (Å²) in [5.41, 5.74) is 3.29. The van der Waals surface area contributed by atoms with Gasteiger partial charge >= 0.3 is 0 Å². The van der Waals surface area contributed by atoms with Crippen molar-refractivity contribution in [3.8, 4) is 17.6 Å². The molecule has 2 heteroatoms. The quantitative estimate of drug-likeness (QED) is 0.672. The van der Waals surface area contributed by atoms with E-state index in [2.05, 4.69) is 36.1 Å². The maximum Gasteiger partial charge on any atom is 0.134 e. The molecule has 0 heterocycles. The molecule has 2 nitrogen and oxygen atoms in total. The smallest absolute Gasteiger partial charge is 0.134 e. The van der Waals surface area contributed by atoms with Crippen LogP contribution in [0, 0.1) is 18.8 Å². The maximum atomic E-state index is 8.81. The minimum atomic E-state index is -0.138. The molecule has 0 atom stereocenters. The number of benzene rings is 2. The topological polar surface area (TPSA) is 29.5 Å². The van der Waals surface area contributed by atoms with E-state index in [1.807, 2.05) is 31.2 Å². The van der Waals surface area contributed by atoms with E-state index in [9.17, 15) is 0 Å². The van der Waals surface area contributed by atoms with Crippen LogP contribution in [0.5, 0.6) is 5.75 Å². The van der Waals surface area contributed by atoms with Crippen molar-refractivity contribution in [3.05, 3.63) is 65.2 Å². The molecular formula is C19H20O2. The maximum absolute atomic E-state index is 8.81. The van der Waals surface area contributed by atoms with Crippen molar-refractivity contribution in [2.75, 3.05) is 13.2 Å². The van der Waals surface area contributed by atoms with Crippen LogP contribution in [-0.2, 0) is 6.42 Å². The first-order chi connectivity index (χ1) is 10.3. The number of ether oxygens (including phenoxy) is 1. The molecule has 0 bridgehead atoms. The van der Waals surface area contributed by atoms with Crippen molar-refractivity contribution in [1.82, 2.24) is 0 Å². The summed E-state index contributed by atoms with van der Waals surface area (Å²) in [6.45, 7) is 2.54. The molecule has 108 valence electrons. The Morgan fingerprint density at radius 2 is 1.90 bits per heavy atom. The second-order valence-electron chi connectivity index (χ2n) is 4.90. The van der Waals surface area contributed by atoms with Crippen LogP contribution in [0.15, 0.2) is 48.5 Å². The van der Waals surface area contributed by atoms with E-state index < -0.39 is 0 Å². The lowest BCUT2D eigenvalue weighted by Gasteiger charge is -2.09. The highest BCUT2D eigenvalue weighted by Gasteiger charge is 2.02. The zero-order valence-corrected chi connectivity index (χ0v) is 12.3. The van der Waals surface area contributed by atoms with Gasteiger partial charge in [-0.05, 0) is 43.0 Å². The van der Waals surface area contributed by atoms with Crippen molar-refractivity contribution in [2.45, 2.75) is 19.8 Å². The lowest BCUT2D eigenvalue weighted by Crippen LogP contribution is -2.01. The van der Waals surface area contributed by atoms with Crippen LogP contribution in [0.4, 0.5) is 0 Å². The highest BCUT2D eigenvalue weighted by atomic mass is 16.5. The normalized spacial score (nSPS) is 9.81. The molecule has 2 aromatic carbocycles. The first-order valence-corrected chi connectivity index (χ1v) is 7.16. The zero-order valence-electron chi connectivity index (χ0n) is 12.3. The molecule has 0 aliphatic heterocycles. The summed E-state index contributed by atoms with van der Waals surface area (Å²) < 4.78 is 5.83. The molecule has 0 unspecified atom stereocenters. The SMILES string of the molecule is Cc1ccc(OCCCc2ccccc2)c(C#CCO)c1. The van der Waals surface area contributed by atoms with Crippen LogP contribution >= 0.6 is 0 Å². The zero-order chi connectivity index (χ0) is 14.9. The van der Waals surface area contributed by atoms with Gasteiger partial charge in [-0.1, -0.05) is 48.2 Å². The van der Waals surface area contributed by atoms with Crippen LogP contribution in [0.2, 0.25) is 0 Å². The van der Waals surface area contributed by atoms with E-state index in [4.69, 9.17) is 9.84 Å². The van der Waals surface area contributed by atoms with Crippen molar-refractivity contribution in [2.24, 2.45) is 0 Å². The predicted octanol–water partition coefficient (Wildman–Crippen LogP) is 3.35. The lowest BCUT2D eigenvalue weighted by atomic mass is 10.1. The number of hydrogen-bond acceptors (Lipinski definition) is 2. The first-order valence-electron chi connectivity index (χ1n) is 7.16.